The maximum absolute atomic E-state index is 12.8. The minimum Gasteiger partial charge on any atom is -0.480 e. The number of aliphatic carboxylic acids is 1. The SMILES string of the molecule is CN(CCNCC(=O)O)CCNC(=O)CN1CCC(C(=O)Nc2ncc(SCc3ncc(C(C)(C)C)o3)s2)CC1. The number of likely N-dealkylation sites (tertiary alicyclic amines) is 1. The molecular weight excluding hydrogens is 554 g/mol. The highest BCUT2D eigenvalue weighted by atomic mass is 32.2. The van der Waals surface area contributed by atoms with Gasteiger partial charge in [0, 0.05) is 37.5 Å². The van der Waals surface area contributed by atoms with Crippen LogP contribution in [0.15, 0.2) is 21.0 Å². The lowest BCUT2D eigenvalue weighted by molar-refractivity contribution is -0.136. The molecule has 14 heteroatoms. The number of rotatable bonds is 15. The Morgan fingerprint density at radius 2 is 1.90 bits per heavy atom. The van der Waals surface area contributed by atoms with E-state index in [-0.39, 0.29) is 29.7 Å². The van der Waals surface area contributed by atoms with E-state index < -0.39 is 5.97 Å². The molecule has 1 aliphatic rings. The number of likely N-dealkylation sites (N-methyl/N-ethyl adjacent to an activating group) is 1. The summed E-state index contributed by atoms with van der Waals surface area (Å²) >= 11 is 3.02. The molecule has 0 bridgehead atoms. The normalized spacial score (nSPS) is 14.9. The number of hydrogen-bond acceptors (Lipinski definition) is 11. The smallest absolute Gasteiger partial charge is 0.317 e. The van der Waals surface area contributed by atoms with E-state index in [4.69, 9.17) is 9.52 Å². The summed E-state index contributed by atoms with van der Waals surface area (Å²) in [6, 6.07) is 0. The molecule has 12 nitrogen and oxygen atoms in total. The highest BCUT2D eigenvalue weighted by Crippen LogP contribution is 2.32. The summed E-state index contributed by atoms with van der Waals surface area (Å²) in [6.07, 6.45) is 4.92. The van der Waals surface area contributed by atoms with Crippen molar-refractivity contribution in [2.75, 3.05) is 64.7 Å². The lowest BCUT2D eigenvalue weighted by atomic mass is 9.94. The first-order valence-electron chi connectivity index (χ1n) is 13.4. The van der Waals surface area contributed by atoms with Crippen LogP contribution in [0.5, 0.6) is 0 Å². The van der Waals surface area contributed by atoms with Crippen LogP contribution >= 0.6 is 23.1 Å². The zero-order chi connectivity index (χ0) is 29.1. The summed E-state index contributed by atoms with van der Waals surface area (Å²) in [4.78, 5) is 48.4. The fourth-order valence-electron chi connectivity index (χ4n) is 4.02. The maximum atomic E-state index is 12.8. The van der Waals surface area contributed by atoms with Gasteiger partial charge in [-0.3, -0.25) is 19.3 Å². The van der Waals surface area contributed by atoms with Crippen LogP contribution in [0.25, 0.3) is 0 Å². The van der Waals surface area contributed by atoms with Gasteiger partial charge >= 0.3 is 5.97 Å². The molecule has 0 unspecified atom stereocenters. The number of aromatic nitrogens is 2. The monoisotopic (exact) mass is 595 g/mol. The number of carboxylic acids is 1. The fourth-order valence-corrected chi connectivity index (χ4v) is 5.75. The second kappa shape index (κ2) is 15.5. The predicted octanol–water partition coefficient (Wildman–Crippen LogP) is 2.09. The Labute approximate surface area is 243 Å². The Hall–Kier alpha value is -2.52. The molecule has 0 spiro atoms. The van der Waals surface area contributed by atoms with E-state index in [0.717, 1.165) is 9.97 Å². The minimum absolute atomic E-state index is 0.0293. The molecule has 222 valence electrons. The van der Waals surface area contributed by atoms with E-state index in [1.165, 1.54) is 11.3 Å². The number of nitrogens with one attached hydrogen (secondary N) is 3. The molecule has 0 aromatic carbocycles. The standard InChI is InChI=1S/C26H41N7O5S2/c1-26(2,3)19-13-29-21(38-19)17-39-23-15-30-25(40-23)31-24(37)18-5-9-33(10-6-18)16-20(34)28-8-12-32(4)11-7-27-14-22(35)36/h13,15,18,27H,5-12,14,16-17H2,1-4H3,(H,28,34)(H,35,36)(H,30,31,37). The van der Waals surface area contributed by atoms with E-state index in [2.05, 4.69) is 51.6 Å². The van der Waals surface area contributed by atoms with Crippen molar-refractivity contribution in [3.63, 3.8) is 0 Å². The third-order valence-electron chi connectivity index (χ3n) is 6.43. The molecule has 3 rings (SSSR count). The molecule has 2 aromatic rings. The van der Waals surface area contributed by atoms with Gasteiger partial charge in [-0.2, -0.15) is 0 Å². The summed E-state index contributed by atoms with van der Waals surface area (Å²) in [5, 5.41) is 17.9. The largest absolute Gasteiger partial charge is 0.480 e. The molecule has 2 amide bonds. The quantitative estimate of drug-likeness (QED) is 0.177. The van der Waals surface area contributed by atoms with Gasteiger partial charge in [0.25, 0.3) is 0 Å². The summed E-state index contributed by atoms with van der Waals surface area (Å²) in [5.74, 6) is 1.08. The van der Waals surface area contributed by atoms with Gasteiger partial charge in [-0.1, -0.05) is 32.1 Å². The van der Waals surface area contributed by atoms with Gasteiger partial charge in [0.05, 0.1) is 35.4 Å². The number of nitrogens with zero attached hydrogens (tertiary/aromatic N) is 4. The molecule has 1 aliphatic heterocycles. The maximum Gasteiger partial charge on any atom is 0.317 e. The Balaban J connectivity index is 1.29. The van der Waals surface area contributed by atoms with E-state index in [0.29, 0.717) is 75.4 Å². The van der Waals surface area contributed by atoms with Crippen molar-refractivity contribution in [2.45, 2.75) is 49.0 Å². The van der Waals surface area contributed by atoms with Crippen LogP contribution in [0.1, 0.15) is 45.3 Å². The first-order valence-corrected chi connectivity index (χ1v) is 15.2. The first kappa shape index (κ1) is 32.0. The topological polar surface area (TPSA) is 153 Å². The van der Waals surface area contributed by atoms with Crippen molar-refractivity contribution in [3.8, 4) is 0 Å². The van der Waals surface area contributed by atoms with Gasteiger partial charge in [0.1, 0.15) is 5.76 Å². The highest BCUT2D eigenvalue weighted by Gasteiger charge is 2.26. The summed E-state index contributed by atoms with van der Waals surface area (Å²) in [5.41, 5.74) is -0.0802. The Kier molecular flexibility index (Phi) is 12.4. The number of oxazole rings is 1. The molecule has 0 saturated carbocycles. The average Bonchev–Trinajstić information content (AvgIpc) is 3.55. The number of carboxylic acid groups (broad SMARTS) is 1. The summed E-state index contributed by atoms with van der Waals surface area (Å²) in [6.45, 7) is 10.4. The van der Waals surface area contributed by atoms with Crippen molar-refractivity contribution in [1.29, 1.82) is 0 Å². The van der Waals surface area contributed by atoms with Crippen molar-refractivity contribution in [1.82, 2.24) is 30.4 Å². The van der Waals surface area contributed by atoms with Gasteiger partial charge in [-0.25, -0.2) is 9.97 Å². The second-order valence-corrected chi connectivity index (χ2v) is 13.2. The Morgan fingerprint density at radius 1 is 1.18 bits per heavy atom. The third-order valence-corrected chi connectivity index (χ3v) is 8.53. The minimum atomic E-state index is -0.877. The molecule has 3 heterocycles. The van der Waals surface area contributed by atoms with Crippen LogP contribution in [0.3, 0.4) is 0 Å². The number of hydrogen-bond donors (Lipinski definition) is 4. The molecule has 40 heavy (non-hydrogen) atoms. The molecule has 2 aromatic heterocycles. The summed E-state index contributed by atoms with van der Waals surface area (Å²) < 4.78 is 6.82. The number of thiazole rings is 1. The molecule has 1 saturated heterocycles. The Morgan fingerprint density at radius 3 is 2.58 bits per heavy atom. The number of carbonyl (C=O) groups is 3. The van der Waals surface area contributed by atoms with Crippen LogP contribution in [0.2, 0.25) is 0 Å². The lowest BCUT2D eigenvalue weighted by Gasteiger charge is -2.30. The van der Waals surface area contributed by atoms with Gasteiger partial charge in [0.2, 0.25) is 17.7 Å². The number of piperidine rings is 1. The second-order valence-electron chi connectivity index (χ2n) is 10.9. The van der Waals surface area contributed by atoms with E-state index in [1.54, 1.807) is 24.2 Å². The molecule has 4 N–H and O–H groups in total. The van der Waals surface area contributed by atoms with Gasteiger partial charge in [0.15, 0.2) is 5.13 Å². The van der Waals surface area contributed by atoms with Crippen molar-refractivity contribution >= 4 is 46.0 Å². The van der Waals surface area contributed by atoms with Crippen molar-refractivity contribution in [3.05, 3.63) is 24.0 Å². The number of carbonyl (C=O) groups excluding carboxylic acids is 2. The molecule has 0 aliphatic carbocycles. The average molecular weight is 596 g/mol. The van der Waals surface area contributed by atoms with Crippen LogP contribution < -0.4 is 16.0 Å². The van der Waals surface area contributed by atoms with Crippen molar-refractivity contribution < 1.29 is 23.9 Å². The first-order chi connectivity index (χ1) is 19.0. The number of anilines is 1. The van der Waals surface area contributed by atoms with Crippen LogP contribution in [0.4, 0.5) is 5.13 Å². The van der Waals surface area contributed by atoms with Gasteiger partial charge in [-0.15, -0.1) is 11.8 Å². The van der Waals surface area contributed by atoms with Crippen LogP contribution in [-0.2, 0) is 25.6 Å². The third kappa shape index (κ3) is 11.2. The lowest BCUT2D eigenvalue weighted by Crippen LogP contribution is -2.44. The van der Waals surface area contributed by atoms with Crippen molar-refractivity contribution in [2.24, 2.45) is 5.92 Å². The van der Waals surface area contributed by atoms with Gasteiger partial charge in [-0.05, 0) is 33.0 Å². The molecule has 0 radical (unpaired) electrons. The number of thioether (sulfide) groups is 1. The van der Waals surface area contributed by atoms with E-state index in [9.17, 15) is 14.4 Å². The zero-order valence-corrected chi connectivity index (χ0v) is 25.3. The predicted molar refractivity (Wildman–Crippen MR) is 156 cm³/mol. The van der Waals surface area contributed by atoms with Crippen LogP contribution in [0, 0.1) is 5.92 Å². The zero-order valence-electron chi connectivity index (χ0n) is 23.7. The highest BCUT2D eigenvalue weighted by molar-refractivity contribution is 8.00. The number of amides is 2. The Bertz CT molecular complexity index is 1110. The molecular formula is C26H41N7O5S2. The fraction of sp³-hybridized carbons (Fsp3) is 0.654. The summed E-state index contributed by atoms with van der Waals surface area (Å²) in [7, 11) is 1.93. The van der Waals surface area contributed by atoms with E-state index >= 15 is 0 Å². The van der Waals surface area contributed by atoms with Crippen LogP contribution in [-0.4, -0.2) is 102 Å². The van der Waals surface area contributed by atoms with E-state index in [1.807, 2.05) is 11.9 Å². The molecule has 1 fully saturated rings. The molecule has 0 atom stereocenters. The van der Waals surface area contributed by atoms with Gasteiger partial charge < -0.3 is 30.4 Å².